The molecule has 258 valence electrons. The average molecular weight is 615 g/mol. The minimum atomic E-state index is -2.85. The molecule has 1 atom stereocenters. The van der Waals surface area contributed by atoms with Crippen molar-refractivity contribution in [2.45, 2.75) is 212 Å². The molecule has 1 N–H and O–H groups in total. The second-order valence-electron chi connectivity index (χ2n) is 13.6. The van der Waals surface area contributed by atoms with Crippen LogP contribution in [0.3, 0.4) is 0 Å². The minimum absolute atomic E-state index is 0.0404. The molecule has 0 heterocycles. The molecule has 2 nitrogen and oxygen atoms in total. The average Bonchev–Trinajstić information content (AvgIpc) is 3.00. The maximum atomic E-state index is 14.7. The summed E-state index contributed by atoms with van der Waals surface area (Å²) >= 11 is 0. The van der Waals surface area contributed by atoms with Crippen molar-refractivity contribution in [1.29, 1.82) is 0 Å². The largest absolute Gasteiger partial charge is 0.396 e. The van der Waals surface area contributed by atoms with Crippen molar-refractivity contribution >= 4 is 0 Å². The number of unbranched alkanes of at least 4 members (excludes halogenated alkanes) is 26. The molecule has 0 rings (SSSR count). The van der Waals surface area contributed by atoms with Crippen LogP contribution in [0.25, 0.3) is 0 Å². The van der Waals surface area contributed by atoms with Crippen LogP contribution < -0.4 is 0 Å². The van der Waals surface area contributed by atoms with Crippen LogP contribution in [0.1, 0.15) is 206 Å². The van der Waals surface area contributed by atoms with Crippen LogP contribution in [0.5, 0.6) is 0 Å². The van der Waals surface area contributed by atoms with Gasteiger partial charge in [0.1, 0.15) is 0 Å². The van der Waals surface area contributed by atoms with E-state index < -0.39 is 5.92 Å². The molecule has 0 radical (unpaired) electrons. The summed E-state index contributed by atoms with van der Waals surface area (Å²) in [6, 6.07) is 0. The summed E-state index contributed by atoms with van der Waals surface area (Å²) in [6.45, 7) is 9.09. The third kappa shape index (κ3) is 30.0. The number of alkyl halides is 2. The molecule has 0 bridgehead atoms. The number of allylic oxidation sites excluding steroid dienone is 1. The van der Waals surface area contributed by atoms with Gasteiger partial charge in [-0.15, -0.1) is 0 Å². The van der Waals surface area contributed by atoms with Crippen LogP contribution in [0.4, 0.5) is 8.78 Å². The Balaban J connectivity index is 3.64. The number of hydrogen-bond donors (Lipinski definition) is 1. The van der Waals surface area contributed by atoms with Crippen molar-refractivity contribution in [1.82, 2.24) is 0 Å². The third-order valence-corrected chi connectivity index (χ3v) is 9.15. The number of aliphatic hydroxyl groups is 1. The summed E-state index contributed by atoms with van der Waals surface area (Å²) in [5.74, 6) is -3.14. The first-order valence-electron chi connectivity index (χ1n) is 19.2. The first-order valence-corrected chi connectivity index (χ1v) is 19.2. The highest BCUT2D eigenvalue weighted by Gasteiger charge is 2.33. The van der Waals surface area contributed by atoms with E-state index in [0.717, 1.165) is 32.1 Å². The highest BCUT2D eigenvalue weighted by molar-refractivity contribution is 5.08. The lowest BCUT2D eigenvalue weighted by atomic mass is 9.94. The Morgan fingerprint density at radius 2 is 0.884 bits per heavy atom. The molecular formula is C39H76F2O2. The van der Waals surface area contributed by atoms with Gasteiger partial charge >= 0.3 is 0 Å². The Kier molecular flexibility index (Phi) is 32.5. The van der Waals surface area contributed by atoms with Gasteiger partial charge in [-0.2, -0.15) is 0 Å². The van der Waals surface area contributed by atoms with Crippen LogP contribution in [-0.4, -0.2) is 30.8 Å². The lowest BCUT2D eigenvalue weighted by Gasteiger charge is -2.23. The van der Waals surface area contributed by atoms with Gasteiger partial charge in [0, 0.05) is 25.6 Å². The van der Waals surface area contributed by atoms with E-state index in [1.54, 1.807) is 0 Å². The lowest BCUT2D eigenvalue weighted by molar-refractivity contribution is 0.0161. The van der Waals surface area contributed by atoms with E-state index in [9.17, 15) is 13.9 Å². The van der Waals surface area contributed by atoms with Gasteiger partial charge in [0.05, 0.1) is 6.61 Å². The second-order valence-corrected chi connectivity index (χ2v) is 13.6. The van der Waals surface area contributed by atoms with Gasteiger partial charge in [0.15, 0.2) is 0 Å². The van der Waals surface area contributed by atoms with Crippen LogP contribution in [-0.2, 0) is 4.74 Å². The molecule has 4 heteroatoms. The van der Waals surface area contributed by atoms with E-state index in [4.69, 9.17) is 4.74 Å². The van der Waals surface area contributed by atoms with Crippen molar-refractivity contribution in [3.05, 3.63) is 12.2 Å². The smallest absolute Gasteiger partial charge is 0.269 e. The summed E-state index contributed by atoms with van der Waals surface area (Å²) < 4.78 is 35.1. The molecule has 0 spiro atoms. The molecule has 0 saturated carbocycles. The Morgan fingerprint density at radius 3 is 1.23 bits per heavy atom. The van der Waals surface area contributed by atoms with Crippen molar-refractivity contribution in [3.63, 3.8) is 0 Å². The van der Waals surface area contributed by atoms with E-state index in [0.29, 0.717) is 19.6 Å². The fourth-order valence-electron chi connectivity index (χ4n) is 6.04. The van der Waals surface area contributed by atoms with E-state index in [-0.39, 0.29) is 30.9 Å². The Labute approximate surface area is 268 Å². The molecule has 0 fully saturated rings. The molecule has 0 amide bonds. The fraction of sp³-hybridized carbons (Fsp3) is 0.949. The highest BCUT2D eigenvalue weighted by atomic mass is 19.3. The first-order chi connectivity index (χ1) is 21.0. The summed E-state index contributed by atoms with van der Waals surface area (Å²) in [6.07, 6.45) is 35.5. The first kappa shape index (κ1) is 42.5. The lowest BCUT2D eigenvalue weighted by Crippen LogP contribution is -2.24. The maximum absolute atomic E-state index is 14.7. The Hall–Kier alpha value is -0.480. The molecule has 0 aromatic heterocycles. The zero-order chi connectivity index (χ0) is 31.7. The second kappa shape index (κ2) is 32.9. The van der Waals surface area contributed by atoms with Crippen molar-refractivity contribution in [2.24, 2.45) is 5.92 Å². The zero-order valence-electron chi connectivity index (χ0n) is 29.2. The van der Waals surface area contributed by atoms with Gasteiger partial charge in [-0.3, -0.25) is 0 Å². The van der Waals surface area contributed by atoms with Gasteiger partial charge in [-0.1, -0.05) is 187 Å². The number of ether oxygens (including phenoxy) is 1. The third-order valence-electron chi connectivity index (χ3n) is 9.15. The summed E-state index contributed by atoms with van der Waals surface area (Å²) in [5.41, 5.74) is -0.0404. The Morgan fingerprint density at radius 1 is 0.558 bits per heavy atom. The minimum Gasteiger partial charge on any atom is -0.396 e. The normalized spacial score (nSPS) is 12.7. The molecule has 0 aromatic carbocycles. The molecule has 43 heavy (non-hydrogen) atoms. The topological polar surface area (TPSA) is 29.5 Å². The predicted molar refractivity (Wildman–Crippen MR) is 185 cm³/mol. The summed E-state index contributed by atoms with van der Waals surface area (Å²) in [7, 11) is 0. The van der Waals surface area contributed by atoms with Crippen molar-refractivity contribution in [3.8, 4) is 0 Å². The SMILES string of the molecule is C=C(CC(CO)COCCCCCCCCCCCCCCCC)C(F)(F)CCCCCCCCCCCCCCCC. The van der Waals surface area contributed by atoms with Crippen LogP contribution in [0.2, 0.25) is 0 Å². The fourth-order valence-corrected chi connectivity index (χ4v) is 6.04. The maximum Gasteiger partial charge on any atom is 0.269 e. The number of aliphatic hydroxyl groups excluding tert-OH is 1. The van der Waals surface area contributed by atoms with Gasteiger partial charge in [-0.25, -0.2) is 8.78 Å². The molecule has 1 unspecified atom stereocenters. The predicted octanol–water partition coefficient (Wildman–Crippen LogP) is 13.5. The van der Waals surface area contributed by atoms with Gasteiger partial charge < -0.3 is 9.84 Å². The van der Waals surface area contributed by atoms with E-state index in [1.165, 1.54) is 141 Å². The van der Waals surface area contributed by atoms with E-state index in [1.807, 2.05) is 0 Å². The zero-order valence-corrected chi connectivity index (χ0v) is 29.2. The van der Waals surface area contributed by atoms with Gasteiger partial charge in [0.25, 0.3) is 5.92 Å². The molecule has 0 aliphatic carbocycles. The van der Waals surface area contributed by atoms with Crippen molar-refractivity contribution in [2.75, 3.05) is 19.8 Å². The molecule has 0 saturated heterocycles. The van der Waals surface area contributed by atoms with E-state index >= 15 is 0 Å². The van der Waals surface area contributed by atoms with E-state index in [2.05, 4.69) is 20.4 Å². The number of halogens is 2. The molecule has 0 aliphatic rings. The van der Waals surface area contributed by atoms with Gasteiger partial charge in [-0.05, 0) is 24.8 Å². The number of rotatable bonds is 36. The summed E-state index contributed by atoms with van der Waals surface area (Å²) in [5, 5.41) is 9.71. The summed E-state index contributed by atoms with van der Waals surface area (Å²) in [4.78, 5) is 0. The van der Waals surface area contributed by atoms with Crippen LogP contribution >= 0.6 is 0 Å². The van der Waals surface area contributed by atoms with Crippen molar-refractivity contribution < 1.29 is 18.6 Å². The van der Waals surface area contributed by atoms with Crippen LogP contribution in [0.15, 0.2) is 12.2 Å². The van der Waals surface area contributed by atoms with Gasteiger partial charge in [0.2, 0.25) is 0 Å². The number of hydrogen-bond acceptors (Lipinski definition) is 2. The molecular weight excluding hydrogens is 538 g/mol. The quantitative estimate of drug-likeness (QED) is 0.0562. The molecule has 0 aliphatic heterocycles. The standard InChI is InChI=1S/C39H76F2O2/c1-4-6-8-10-12-14-16-18-20-22-24-26-28-30-32-39(40,41)37(3)34-38(35-42)36-43-33-31-29-27-25-23-21-19-17-15-13-11-9-7-5-2/h38,42H,3-36H2,1-2H3. The highest BCUT2D eigenvalue weighted by Crippen LogP contribution is 2.33. The molecule has 0 aromatic rings. The Bertz CT molecular complexity index is 565. The monoisotopic (exact) mass is 615 g/mol. The van der Waals surface area contributed by atoms with Crippen LogP contribution in [0, 0.1) is 5.92 Å².